The number of phosphoric acid groups is 1. The molecule has 5 N–H and O–H groups in total. The van der Waals surface area contributed by atoms with E-state index in [0.717, 1.165) is 115 Å². The number of imidazole rings is 1. The second-order valence-corrected chi connectivity index (χ2v) is 25.0. The number of ketones is 2. The molecule has 2 heterocycles. The van der Waals surface area contributed by atoms with Crippen LogP contribution in [0.1, 0.15) is 143 Å². The number of carbonyl (C=O) groups excluding carboxylic acids is 3. The average molecular weight is 1150 g/mol. The maximum Gasteiger partial charge on any atom is 0.524 e. The van der Waals surface area contributed by atoms with Gasteiger partial charge in [0.1, 0.15) is 30.4 Å². The molecule has 5 aliphatic carbocycles. The quantitative estimate of drug-likeness (QED) is 0.0217. The van der Waals surface area contributed by atoms with Crippen LogP contribution in [0.3, 0.4) is 0 Å². The van der Waals surface area contributed by atoms with Crippen LogP contribution in [0.25, 0.3) is 5.69 Å². The first-order valence-electron chi connectivity index (χ1n) is 29.3. The molecule has 81 heavy (non-hydrogen) atoms. The number of halogens is 1. The van der Waals surface area contributed by atoms with Gasteiger partial charge in [0.2, 0.25) is 12.1 Å². The summed E-state index contributed by atoms with van der Waals surface area (Å²) in [7, 11) is -4.91. The molecular weight excluding hydrogens is 1070 g/mol. The van der Waals surface area contributed by atoms with Gasteiger partial charge < -0.3 is 51.4 Å². The van der Waals surface area contributed by atoms with Crippen molar-refractivity contribution in [1.29, 1.82) is 0 Å². The van der Waals surface area contributed by atoms with Gasteiger partial charge in [-0.25, -0.2) is 18.5 Å². The Morgan fingerprint density at radius 3 is 2.46 bits per heavy atom. The van der Waals surface area contributed by atoms with Gasteiger partial charge in [0, 0.05) is 48.0 Å². The van der Waals surface area contributed by atoms with Gasteiger partial charge in [-0.05, 0) is 149 Å². The minimum Gasteiger partial charge on any atom is -1.00 e. The van der Waals surface area contributed by atoms with E-state index in [1.165, 1.54) is 11.6 Å². The summed E-state index contributed by atoms with van der Waals surface area (Å²) in [5, 5.41) is 26.7. The maximum atomic E-state index is 15.0. The van der Waals surface area contributed by atoms with Gasteiger partial charge in [0.15, 0.2) is 24.3 Å². The number of ether oxygens (including phenoxy) is 4. The van der Waals surface area contributed by atoms with Crippen molar-refractivity contribution in [3.63, 3.8) is 0 Å². The molecule has 16 nitrogen and oxygen atoms in total. The predicted octanol–water partition coefficient (Wildman–Crippen LogP) is 6.19. The molecule has 0 amide bonds. The summed E-state index contributed by atoms with van der Waals surface area (Å²) in [5.74, 6) is -0.993. The number of unbranched alkanes of at least 4 members (excludes halogenated alkanes) is 4. The van der Waals surface area contributed by atoms with Crippen molar-refractivity contribution in [2.24, 2.45) is 34.5 Å². The normalized spacial score (nSPS) is 28.2. The molecule has 4 saturated carbocycles. The van der Waals surface area contributed by atoms with E-state index in [4.69, 9.17) is 23.5 Å². The monoisotopic (exact) mass is 1150 g/mol. The summed E-state index contributed by atoms with van der Waals surface area (Å²) in [6.07, 6.45) is 22.9. The second kappa shape index (κ2) is 26.4. The molecule has 0 spiro atoms. The van der Waals surface area contributed by atoms with Crippen LogP contribution in [0, 0.1) is 34.5 Å². The van der Waals surface area contributed by atoms with E-state index >= 15 is 4.79 Å². The number of nitrogens with zero attached hydrogens (tertiary/aromatic N) is 2. The average Bonchev–Trinajstić information content (AvgIpc) is 3.18. The van der Waals surface area contributed by atoms with Gasteiger partial charge >= 0.3 is 13.8 Å². The highest BCUT2D eigenvalue weighted by atomic mass is 35.5. The lowest BCUT2D eigenvalue weighted by Crippen LogP contribution is -3.00. The Morgan fingerprint density at radius 1 is 0.938 bits per heavy atom. The lowest BCUT2D eigenvalue weighted by atomic mass is 9.46. The van der Waals surface area contributed by atoms with E-state index in [1.807, 2.05) is 16.7 Å². The van der Waals surface area contributed by atoms with E-state index < -0.39 is 61.4 Å². The van der Waals surface area contributed by atoms with E-state index in [-0.39, 0.29) is 65.5 Å². The van der Waals surface area contributed by atoms with Crippen LogP contribution < -0.4 is 26.8 Å². The number of aryl methyl sites for hydroxylation is 1. The van der Waals surface area contributed by atoms with Crippen LogP contribution in [-0.4, -0.2) is 99.1 Å². The maximum absolute atomic E-state index is 15.0. The third kappa shape index (κ3) is 13.4. The number of benzene rings is 3. The highest BCUT2D eigenvalue weighted by molar-refractivity contribution is 7.46. The molecule has 438 valence electrons. The van der Waals surface area contributed by atoms with Gasteiger partial charge in [-0.1, -0.05) is 94.0 Å². The Labute approximate surface area is 482 Å². The second-order valence-electron chi connectivity index (χ2n) is 23.9. The minimum atomic E-state index is -4.91. The van der Waals surface area contributed by atoms with Crippen molar-refractivity contribution in [2.45, 2.75) is 153 Å². The summed E-state index contributed by atoms with van der Waals surface area (Å²) in [6, 6.07) is 22.0. The van der Waals surface area contributed by atoms with Crippen molar-refractivity contribution in [3.05, 3.63) is 138 Å². The van der Waals surface area contributed by atoms with Crippen molar-refractivity contribution < 1.29 is 79.4 Å². The zero-order valence-corrected chi connectivity index (χ0v) is 48.4. The summed E-state index contributed by atoms with van der Waals surface area (Å²) in [5.41, 5.74) is 1.69. The third-order valence-electron chi connectivity index (χ3n) is 18.7. The fourth-order valence-corrected chi connectivity index (χ4v) is 15.2. The van der Waals surface area contributed by atoms with Crippen LogP contribution >= 0.6 is 7.82 Å². The fourth-order valence-electron chi connectivity index (χ4n) is 14.7. The summed E-state index contributed by atoms with van der Waals surface area (Å²) in [6.45, 7) is 6.42. The first kappa shape index (κ1) is 60.7. The predicted molar refractivity (Wildman–Crippen MR) is 298 cm³/mol. The number of carbonyl (C=O) groups is 3. The number of allylic oxidation sites excluding steroid dienone is 4. The number of aliphatic hydroxyl groups is 2. The van der Waals surface area contributed by atoms with Gasteiger partial charge in [-0.15, -0.1) is 0 Å². The zero-order valence-electron chi connectivity index (χ0n) is 46.8. The summed E-state index contributed by atoms with van der Waals surface area (Å²) >= 11 is 0. The molecule has 4 aromatic rings. The van der Waals surface area contributed by atoms with Crippen LogP contribution in [0.4, 0.5) is 0 Å². The fraction of sp³-hybridized carbons (Fsp3) is 0.556. The number of aromatic nitrogens is 2. The summed E-state index contributed by atoms with van der Waals surface area (Å²) in [4.78, 5) is 60.8. The van der Waals surface area contributed by atoms with Crippen molar-refractivity contribution in [1.82, 2.24) is 9.88 Å². The highest BCUT2D eigenvalue weighted by Gasteiger charge is 2.76. The van der Waals surface area contributed by atoms with Crippen LogP contribution in [0.2, 0.25) is 0 Å². The van der Waals surface area contributed by atoms with Crippen LogP contribution in [0.15, 0.2) is 115 Å². The Morgan fingerprint density at radius 2 is 1.69 bits per heavy atom. The lowest BCUT2D eigenvalue weighted by Gasteiger charge is -2.59. The molecular formula is C63H81ClN3O13P. The smallest absolute Gasteiger partial charge is 0.524 e. The van der Waals surface area contributed by atoms with Crippen molar-refractivity contribution in [3.8, 4) is 11.4 Å². The number of hydrogen-bond acceptors (Lipinski definition) is 12. The van der Waals surface area contributed by atoms with Crippen LogP contribution in [0.5, 0.6) is 5.75 Å². The first-order valence-corrected chi connectivity index (χ1v) is 30.8. The van der Waals surface area contributed by atoms with E-state index in [9.17, 15) is 34.2 Å². The number of aliphatic hydroxyl groups excluding tert-OH is 2. The number of fused-ring (bicyclic) bond motifs is 7. The molecule has 10 atom stereocenters. The molecule has 0 bridgehead atoms. The van der Waals surface area contributed by atoms with Gasteiger partial charge in [0.05, 0.1) is 23.9 Å². The molecule has 4 unspecified atom stereocenters. The van der Waals surface area contributed by atoms with E-state index in [0.29, 0.717) is 36.2 Å². The SMILES string of the molecule is C[C@]12C=CC(=O)C=C1CCC1C2[C@@H](O)C[C@@]2(C)C1C[C@H]1O[C@@H](C3CCCCC3)O[C@]12C(=O)COC(=O)c1ccc(-n2cc[n+](Cc3cc(C(O)CNCCCCCCOCCCCc4ccccc4)ccc3OP(=O)(O)O)c2)cc1.[Cl-]. The van der Waals surface area contributed by atoms with E-state index in [1.54, 1.807) is 71.8 Å². The molecule has 18 heteroatoms. The molecule has 0 radical (unpaired) electrons. The minimum absolute atomic E-state index is 0. The molecule has 6 aliphatic rings. The molecule has 3 aromatic carbocycles. The number of esters is 1. The molecule has 5 fully saturated rings. The Balaban J connectivity index is 0.00000792. The number of hydrogen-bond donors (Lipinski definition) is 5. The molecule has 1 aliphatic heterocycles. The van der Waals surface area contributed by atoms with Gasteiger partial charge in [-0.3, -0.25) is 19.4 Å². The highest BCUT2D eigenvalue weighted by Crippen LogP contribution is 2.70. The molecule has 1 saturated heterocycles. The van der Waals surface area contributed by atoms with Crippen molar-refractivity contribution in [2.75, 3.05) is 32.9 Å². The standard InChI is InChI=1S/C63H80N3O13P.ClH/c1-61-29-28-50(67)36-48(61)23-26-51-52-37-57-63(62(52,2)38-53(68)58(51)61,78-60(77-57)45-18-9-6-10-19-45)56(70)41-76-59(71)44-20-24-49(25-21-44)66-32-31-65(42-66)40-47-35-46(22-27-55(47)79-80(72,73)74)54(69)39-64-30-12-3-4-13-33-75-34-14-11-17-43-15-7-5-8-16-43;/h5,7-8,15-16,20-22,24-25,27-29,31-32,35-36,42,45,51-54,57-58,60,64,68-69H,3-4,6,9-14,17-19,23,26,30,33-34,37-41H2,1-2H3,(H-,72,73,74);1H/t51?,52?,53-,54?,57+,58?,60+,61-,62-,63+;/m0./s1. The van der Waals surface area contributed by atoms with Crippen molar-refractivity contribution >= 4 is 25.4 Å². The molecule has 10 rings (SSSR count). The van der Waals surface area contributed by atoms with Gasteiger partial charge in [0.25, 0.3) is 0 Å². The van der Waals surface area contributed by atoms with Crippen LogP contribution in [-0.2, 0) is 46.1 Å². The number of nitrogens with one attached hydrogen (secondary N) is 1. The third-order valence-corrected chi connectivity index (χ3v) is 19.2. The molecule has 1 aromatic heterocycles. The van der Waals surface area contributed by atoms with E-state index in [2.05, 4.69) is 43.4 Å². The van der Waals surface area contributed by atoms with Gasteiger partial charge in [-0.2, -0.15) is 0 Å². The first-order chi connectivity index (χ1) is 38.5. The lowest BCUT2D eigenvalue weighted by molar-refractivity contribution is -0.687. The summed E-state index contributed by atoms with van der Waals surface area (Å²) < 4.78 is 46.3. The largest absolute Gasteiger partial charge is 1.00 e. The number of Topliss-reactive ketones (excluding diaryl/α,β-unsaturated/α-hetero) is 1. The Kier molecular flexibility index (Phi) is 19.8. The topological polar surface area (TPSA) is 216 Å². The Bertz CT molecular complexity index is 2920. The number of phosphoric ester groups is 1. The number of rotatable bonds is 25. The zero-order chi connectivity index (χ0) is 56.1. The Hall–Kier alpha value is -4.84.